The van der Waals surface area contributed by atoms with Crippen molar-refractivity contribution in [3.8, 4) is 32.5 Å². The molecule has 0 aliphatic rings. The van der Waals surface area contributed by atoms with E-state index in [2.05, 4.69) is 0 Å². The molecule has 4 nitrogen and oxygen atoms in total. The van der Waals surface area contributed by atoms with Gasteiger partial charge in [-0.2, -0.15) is 0 Å². The molecule has 0 atom stereocenters. The number of thiazole rings is 2. The van der Waals surface area contributed by atoms with Gasteiger partial charge >= 0.3 is 0 Å². The smallest absolute Gasteiger partial charge is 0.152 e. The Morgan fingerprint density at radius 3 is 1.33 bits per heavy atom. The fraction of sp³-hybridized carbons (Fsp3) is 0. The van der Waals surface area contributed by atoms with Gasteiger partial charge in [0.05, 0.1) is 11.4 Å². The van der Waals surface area contributed by atoms with Crippen LogP contribution in [0.5, 0.6) is 0 Å². The second kappa shape index (κ2) is 6.07. The molecule has 0 fully saturated rings. The first-order chi connectivity index (χ1) is 11.7. The second-order valence-electron chi connectivity index (χ2n) is 5.32. The SMILES string of the molecule is Nc1ccc(-c2csc(-c3nc(-c4ccc(N)cc4)cs3)n2)cc1. The molecule has 0 amide bonds. The predicted molar refractivity (Wildman–Crippen MR) is 103 cm³/mol. The Kier molecular flexibility index (Phi) is 3.76. The molecule has 2 aromatic carbocycles. The second-order valence-corrected chi connectivity index (χ2v) is 7.04. The van der Waals surface area contributed by atoms with Crippen LogP contribution in [0.2, 0.25) is 0 Å². The van der Waals surface area contributed by atoms with Gasteiger partial charge in [0.15, 0.2) is 10.0 Å². The van der Waals surface area contributed by atoms with Gasteiger partial charge in [0.2, 0.25) is 0 Å². The maximum Gasteiger partial charge on any atom is 0.152 e. The summed E-state index contributed by atoms with van der Waals surface area (Å²) < 4.78 is 0. The highest BCUT2D eigenvalue weighted by molar-refractivity contribution is 7.20. The molecule has 0 spiro atoms. The number of nitrogen functional groups attached to an aromatic ring is 2. The van der Waals surface area contributed by atoms with Crippen LogP contribution in [0.25, 0.3) is 32.5 Å². The van der Waals surface area contributed by atoms with Crippen LogP contribution in [0.15, 0.2) is 59.3 Å². The zero-order valence-electron chi connectivity index (χ0n) is 12.6. The Hall–Kier alpha value is -2.70. The summed E-state index contributed by atoms with van der Waals surface area (Å²) in [6, 6.07) is 15.5. The Morgan fingerprint density at radius 1 is 0.583 bits per heavy atom. The van der Waals surface area contributed by atoms with Crippen LogP contribution >= 0.6 is 22.7 Å². The molecular formula is C18H14N4S2. The minimum absolute atomic E-state index is 0.752. The molecule has 2 aromatic heterocycles. The Bertz CT molecular complexity index is 887. The molecule has 2 heterocycles. The van der Waals surface area contributed by atoms with Crippen molar-refractivity contribution in [3.63, 3.8) is 0 Å². The lowest BCUT2D eigenvalue weighted by molar-refractivity contribution is 1.35. The summed E-state index contributed by atoms with van der Waals surface area (Å²) >= 11 is 3.20. The maximum atomic E-state index is 5.73. The van der Waals surface area contributed by atoms with Gasteiger partial charge in [-0.25, -0.2) is 9.97 Å². The predicted octanol–water partition coefficient (Wildman–Crippen LogP) is 4.77. The molecule has 0 radical (unpaired) electrons. The molecule has 0 bridgehead atoms. The van der Waals surface area contributed by atoms with Gasteiger partial charge in [-0.1, -0.05) is 24.3 Å². The first-order valence-corrected chi connectivity index (χ1v) is 9.08. The Labute approximate surface area is 147 Å². The molecule has 0 aliphatic heterocycles. The summed E-state index contributed by atoms with van der Waals surface area (Å²) in [4.78, 5) is 9.41. The lowest BCUT2D eigenvalue weighted by atomic mass is 10.1. The highest BCUT2D eigenvalue weighted by atomic mass is 32.1. The molecule has 4 aromatic rings. The third kappa shape index (κ3) is 2.89. The number of aromatic nitrogens is 2. The van der Waals surface area contributed by atoms with E-state index in [0.29, 0.717) is 0 Å². The zero-order valence-corrected chi connectivity index (χ0v) is 14.3. The molecule has 0 saturated heterocycles. The van der Waals surface area contributed by atoms with Crippen LogP contribution < -0.4 is 11.5 Å². The molecule has 6 heteroatoms. The van der Waals surface area contributed by atoms with Crippen LogP contribution in [-0.4, -0.2) is 9.97 Å². The van der Waals surface area contributed by atoms with Crippen molar-refractivity contribution in [2.45, 2.75) is 0 Å². The third-order valence-corrected chi connectivity index (χ3v) is 5.43. The van der Waals surface area contributed by atoms with E-state index >= 15 is 0 Å². The topological polar surface area (TPSA) is 77.8 Å². The van der Waals surface area contributed by atoms with Gasteiger partial charge in [-0.05, 0) is 24.3 Å². The standard InChI is InChI=1S/C18H14N4S2/c19-13-5-1-11(2-6-13)15-9-23-17(21-15)18-22-16(10-24-18)12-3-7-14(20)8-4-12/h1-10H,19-20H2. The first kappa shape index (κ1) is 14.9. The molecular weight excluding hydrogens is 336 g/mol. The van der Waals surface area contributed by atoms with E-state index in [1.807, 2.05) is 59.3 Å². The first-order valence-electron chi connectivity index (χ1n) is 7.32. The van der Waals surface area contributed by atoms with Gasteiger partial charge in [0.25, 0.3) is 0 Å². The molecule has 4 rings (SSSR count). The number of anilines is 2. The number of hydrogen-bond donors (Lipinski definition) is 2. The van der Waals surface area contributed by atoms with E-state index in [-0.39, 0.29) is 0 Å². The van der Waals surface area contributed by atoms with Crippen molar-refractivity contribution in [1.82, 2.24) is 9.97 Å². The van der Waals surface area contributed by atoms with E-state index in [1.54, 1.807) is 22.7 Å². The zero-order chi connectivity index (χ0) is 16.5. The summed E-state index contributed by atoms with van der Waals surface area (Å²) in [7, 11) is 0. The molecule has 4 N–H and O–H groups in total. The van der Waals surface area contributed by atoms with E-state index in [9.17, 15) is 0 Å². The van der Waals surface area contributed by atoms with Crippen molar-refractivity contribution in [2.75, 3.05) is 11.5 Å². The summed E-state index contributed by atoms with van der Waals surface area (Å²) in [5, 5.41) is 5.94. The van der Waals surface area contributed by atoms with Gasteiger partial charge < -0.3 is 11.5 Å². The minimum atomic E-state index is 0.752. The van der Waals surface area contributed by atoms with Crippen molar-refractivity contribution < 1.29 is 0 Å². The molecule has 118 valence electrons. The number of benzene rings is 2. The largest absolute Gasteiger partial charge is 0.399 e. The summed E-state index contributed by atoms with van der Waals surface area (Å²) in [5.41, 5.74) is 17.0. The fourth-order valence-corrected chi connectivity index (χ4v) is 4.02. The number of rotatable bonds is 3. The van der Waals surface area contributed by atoms with Crippen LogP contribution in [-0.2, 0) is 0 Å². The number of nitrogens with zero attached hydrogens (tertiary/aromatic N) is 2. The van der Waals surface area contributed by atoms with E-state index < -0.39 is 0 Å². The average Bonchev–Trinajstić information content (AvgIpc) is 3.25. The number of hydrogen-bond acceptors (Lipinski definition) is 6. The van der Waals surface area contributed by atoms with E-state index in [1.165, 1.54) is 0 Å². The molecule has 0 unspecified atom stereocenters. The van der Waals surface area contributed by atoms with Crippen LogP contribution in [0.4, 0.5) is 11.4 Å². The van der Waals surface area contributed by atoms with Crippen molar-refractivity contribution in [1.29, 1.82) is 0 Å². The lowest BCUT2D eigenvalue weighted by Gasteiger charge is -1.97. The summed E-state index contributed by atoms with van der Waals surface area (Å²) in [6.45, 7) is 0. The maximum absolute atomic E-state index is 5.73. The number of nitrogens with two attached hydrogens (primary N) is 2. The molecule has 0 aliphatic carbocycles. The van der Waals surface area contributed by atoms with E-state index in [4.69, 9.17) is 21.4 Å². The highest BCUT2D eigenvalue weighted by Crippen LogP contribution is 2.33. The van der Waals surface area contributed by atoms with Crippen LogP contribution in [0.1, 0.15) is 0 Å². The Morgan fingerprint density at radius 2 is 0.958 bits per heavy atom. The van der Waals surface area contributed by atoms with E-state index in [0.717, 1.165) is 43.9 Å². The molecule has 0 saturated carbocycles. The minimum Gasteiger partial charge on any atom is -0.399 e. The highest BCUT2D eigenvalue weighted by Gasteiger charge is 2.11. The van der Waals surface area contributed by atoms with Gasteiger partial charge in [0.1, 0.15) is 0 Å². The monoisotopic (exact) mass is 350 g/mol. The quantitative estimate of drug-likeness (QED) is 0.522. The Balaban J connectivity index is 1.63. The van der Waals surface area contributed by atoms with Crippen molar-refractivity contribution >= 4 is 34.0 Å². The van der Waals surface area contributed by atoms with Crippen molar-refractivity contribution in [3.05, 3.63) is 59.3 Å². The third-order valence-electron chi connectivity index (χ3n) is 3.60. The average molecular weight is 350 g/mol. The van der Waals surface area contributed by atoms with Gasteiger partial charge in [-0.15, -0.1) is 22.7 Å². The van der Waals surface area contributed by atoms with Gasteiger partial charge in [-0.3, -0.25) is 0 Å². The van der Waals surface area contributed by atoms with Gasteiger partial charge in [0, 0.05) is 33.3 Å². The lowest BCUT2D eigenvalue weighted by Crippen LogP contribution is -1.85. The van der Waals surface area contributed by atoms with Crippen LogP contribution in [0.3, 0.4) is 0 Å². The van der Waals surface area contributed by atoms with Crippen LogP contribution in [0, 0.1) is 0 Å². The fourth-order valence-electron chi connectivity index (χ4n) is 2.32. The summed E-state index contributed by atoms with van der Waals surface area (Å²) in [6.07, 6.45) is 0. The summed E-state index contributed by atoms with van der Waals surface area (Å²) in [5.74, 6) is 0. The normalized spacial score (nSPS) is 10.8. The van der Waals surface area contributed by atoms with Crippen molar-refractivity contribution in [2.24, 2.45) is 0 Å². The molecule has 24 heavy (non-hydrogen) atoms.